The van der Waals surface area contributed by atoms with Crippen LogP contribution in [-0.4, -0.2) is 40.4 Å². The summed E-state index contributed by atoms with van der Waals surface area (Å²) in [6.07, 6.45) is 0. The first-order chi connectivity index (χ1) is 12.8. The second-order valence-electron chi connectivity index (χ2n) is 5.58. The van der Waals surface area contributed by atoms with E-state index in [-0.39, 0.29) is 0 Å². The summed E-state index contributed by atoms with van der Waals surface area (Å²) in [6.45, 7) is 2.38. The standard InChI is InChI=1S/C20H27N3O3/c1-21-20(23-15-17-8-4-5-10-19(17)25-3)22-14-16-7-6-9-18(13-16)26-12-11-24-2/h4-10,13H,11-12,14-15H2,1-3H3,(H2,21,22,23). The lowest BCUT2D eigenvalue weighted by atomic mass is 10.2. The highest BCUT2D eigenvalue weighted by Gasteiger charge is 2.04. The predicted molar refractivity (Wildman–Crippen MR) is 104 cm³/mol. The molecule has 0 aliphatic heterocycles. The Balaban J connectivity index is 1.86. The summed E-state index contributed by atoms with van der Waals surface area (Å²) in [7, 11) is 5.09. The predicted octanol–water partition coefficient (Wildman–Crippen LogP) is 2.59. The SMILES string of the molecule is CN=C(NCc1cccc(OCCOC)c1)NCc1ccccc1OC. The van der Waals surface area contributed by atoms with Crippen molar-refractivity contribution in [1.82, 2.24) is 10.6 Å². The van der Waals surface area contributed by atoms with Gasteiger partial charge in [-0.1, -0.05) is 30.3 Å². The van der Waals surface area contributed by atoms with E-state index in [4.69, 9.17) is 14.2 Å². The van der Waals surface area contributed by atoms with E-state index in [0.717, 1.165) is 28.6 Å². The Kier molecular flexibility index (Phi) is 8.29. The molecule has 0 saturated carbocycles. The smallest absolute Gasteiger partial charge is 0.191 e. The maximum absolute atomic E-state index is 5.64. The van der Waals surface area contributed by atoms with Crippen LogP contribution in [0.4, 0.5) is 0 Å². The molecule has 0 atom stereocenters. The van der Waals surface area contributed by atoms with Gasteiger partial charge in [-0.3, -0.25) is 4.99 Å². The molecule has 2 N–H and O–H groups in total. The quantitative estimate of drug-likeness (QED) is 0.410. The van der Waals surface area contributed by atoms with Gasteiger partial charge in [0.05, 0.1) is 13.7 Å². The number of ether oxygens (including phenoxy) is 3. The van der Waals surface area contributed by atoms with Crippen molar-refractivity contribution < 1.29 is 14.2 Å². The number of benzene rings is 2. The van der Waals surface area contributed by atoms with Gasteiger partial charge in [0.25, 0.3) is 0 Å². The average Bonchev–Trinajstić information content (AvgIpc) is 2.69. The van der Waals surface area contributed by atoms with Crippen LogP contribution in [0.1, 0.15) is 11.1 Å². The van der Waals surface area contributed by atoms with Crippen LogP contribution in [0.2, 0.25) is 0 Å². The molecule has 0 spiro atoms. The third-order valence-electron chi connectivity index (χ3n) is 3.78. The van der Waals surface area contributed by atoms with Gasteiger partial charge >= 0.3 is 0 Å². The Morgan fingerprint density at radius 1 is 0.962 bits per heavy atom. The zero-order valence-electron chi connectivity index (χ0n) is 15.6. The normalized spacial score (nSPS) is 11.1. The second-order valence-corrected chi connectivity index (χ2v) is 5.58. The Bertz CT molecular complexity index is 704. The number of guanidine groups is 1. The summed E-state index contributed by atoms with van der Waals surface area (Å²) in [5, 5.41) is 6.60. The Morgan fingerprint density at radius 3 is 2.54 bits per heavy atom. The fourth-order valence-corrected chi connectivity index (χ4v) is 2.42. The average molecular weight is 357 g/mol. The summed E-state index contributed by atoms with van der Waals surface area (Å²) in [6, 6.07) is 15.9. The lowest BCUT2D eigenvalue weighted by molar-refractivity contribution is 0.146. The number of para-hydroxylation sites is 1. The molecule has 140 valence electrons. The van der Waals surface area contributed by atoms with Crippen LogP contribution in [0, 0.1) is 0 Å². The van der Waals surface area contributed by atoms with E-state index < -0.39 is 0 Å². The zero-order chi connectivity index (χ0) is 18.6. The fourth-order valence-electron chi connectivity index (χ4n) is 2.42. The minimum atomic E-state index is 0.537. The Morgan fingerprint density at radius 2 is 1.77 bits per heavy atom. The highest BCUT2D eigenvalue weighted by Crippen LogP contribution is 2.16. The molecule has 0 unspecified atom stereocenters. The van der Waals surface area contributed by atoms with Gasteiger partial charge in [-0.25, -0.2) is 0 Å². The molecular weight excluding hydrogens is 330 g/mol. The molecule has 6 heteroatoms. The van der Waals surface area contributed by atoms with Crippen LogP contribution < -0.4 is 20.1 Å². The number of hydrogen-bond donors (Lipinski definition) is 2. The highest BCUT2D eigenvalue weighted by molar-refractivity contribution is 5.79. The van der Waals surface area contributed by atoms with Crippen molar-refractivity contribution in [3.05, 3.63) is 59.7 Å². The third kappa shape index (κ3) is 6.29. The van der Waals surface area contributed by atoms with Gasteiger partial charge in [-0.15, -0.1) is 0 Å². The molecule has 0 aliphatic carbocycles. The van der Waals surface area contributed by atoms with Gasteiger partial charge in [0.2, 0.25) is 0 Å². The molecule has 0 fully saturated rings. The van der Waals surface area contributed by atoms with Crippen LogP contribution in [0.3, 0.4) is 0 Å². The number of rotatable bonds is 9. The molecule has 0 heterocycles. The molecular formula is C20H27N3O3. The molecule has 0 bridgehead atoms. The van der Waals surface area contributed by atoms with Crippen molar-refractivity contribution in [3.63, 3.8) is 0 Å². The highest BCUT2D eigenvalue weighted by atomic mass is 16.5. The largest absolute Gasteiger partial charge is 0.496 e. The van der Waals surface area contributed by atoms with Gasteiger partial charge in [-0.2, -0.15) is 0 Å². The molecule has 0 saturated heterocycles. The van der Waals surface area contributed by atoms with E-state index in [1.165, 1.54) is 0 Å². The summed E-state index contributed by atoms with van der Waals surface area (Å²) in [5.74, 6) is 2.41. The molecule has 26 heavy (non-hydrogen) atoms. The zero-order valence-corrected chi connectivity index (χ0v) is 15.6. The summed E-state index contributed by atoms with van der Waals surface area (Å²) < 4.78 is 16.0. The molecule has 2 aromatic rings. The van der Waals surface area contributed by atoms with E-state index in [1.807, 2.05) is 48.5 Å². The van der Waals surface area contributed by atoms with Crippen LogP contribution in [0.15, 0.2) is 53.5 Å². The lowest BCUT2D eigenvalue weighted by Gasteiger charge is -2.14. The second kappa shape index (κ2) is 11.0. The maximum Gasteiger partial charge on any atom is 0.191 e. The molecule has 0 aliphatic rings. The molecule has 2 aromatic carbocycles. The van der Waals surface area contributed by atoms with Gasteiger partial charge < -0.3 is 24.8 Å². The first-order valence-corrected chi connectivity index (χ1v) is 8.54. The molecule has 2 rings (SSSR count). The van der Waals surface area contributed by atoms with Crippen LogP contribution in [0.25, 0.3) is 0 Å². The van der Waals surface area contributed by atoms with Gasteiger partial charge in [0.1, 0.15) is 18.1 Å². The van der Waals surface area contributed by atoms with Crippen molar-refractivity contribution in [2.24, 2.45) is 4.99 Å². The first-order valence-electron chi connectivity index (χ1n) is 8.54. The molecule has 6 nitrogen and oxygen atoms in total. The summed E-state index contributed by atoms with van der Waals surface area (Å²) >= 11 is 0. The maximum atomic E-state index is 5.64. The number of aliphatic imine (C=N–C) groups is 1. The topological polar surface area (TPSA) is 64.1 Å². The summed E-state index contributed by atoms with van der Waals surface area (Å²) in [4.78, 5) is 4.26. The van der Waals surface area contributed by atoms with Gasteiger partial charge in [-0.05, 0) is 23.8 Å². The minimum Gasteiger partial charge on any atom is -0.496 e. The monoisotopic (exact) mass is 357 g/mol. The van der Waals surface area contributed by atoms with Crippen LogP contribution >= 0.6 is 0 Å². The van der Waals surface area contributed by atoms with Crippen molar-refractivity contribution >= 4 is 5.96 Å². The van der Waals surface area contributed by atoms with Crippen LogP contribution in [0.5, 0.6) is 11.5 Å². The Hall–Kier alpha value is -2.73. The molecule has 0 aromatic heterocycles. The van der Waals surface area contributed by atoms with Gasteiger partial charge in [0, 0.05) is 32.8 Å². The Labute approximate surface area is 155 Å². The van der Waals surface area contributed by atoms with Crippen molar-refractivity contribution in [2.75, 3.05) is 34.5 Å². The minimum absolute atomic E-state index is 0.537. The van der Waals surface area contributed by atoms with Crippen molar-refractivity contribution in [1.29, 1.82) is 0 Å². The van der Waals surface area contributed by atoms with Gasteiger partial charge in [0.15, 0.2) is 5.96 Å². The van der Waals surface area contributed by atoms with E-state index in [9.17, 15) is 0 Å². The van der Waals surface area contributed by atoms with E-state index in [1.54, 1.807) is 21.3 Å². The molecule has 0 amide bonds. The lowest BCUT2D eigenvalue weighted by Crippen LogP contribution is -2.36. The van der Waals surface area contributed by atoms with E-state index in [0.29, 0.717) is 26.3 Å². The summed E-state index contributed by atoms with van der Waals surface area (Å²) in [5.41, 5.74) is 2.19. The number of nitrogens with one attached hydrogen (secondary N) is 2. The van der Waals surface area contributed by atoms with Crippen LogP contribution in [-0.2, 0) is 17.8 Å². The fraction of sp³-hybridized carbons (Fsp3) is 0.350. The third-order valence-corrected chi connectivity index (χ3v) is 3.78. The number of nitrogens with zero attached hydrogens (tertiary/aromatic N) is 1. The first kappa shape index (κ1) is 19.6. The van der Waals surface area contributed by atoms with E-state index in [2.05, 4.69) is 15.6 Å². The van der Waals surface area contributed by atoms with E-state index >= 15 is 0 Å². The number of methoxy groups -OCH3 is 2. The number of hydrogen-bond acceptors (Lipinski definition) is 4. The van der Waals surface area contributed by atoms with Crippen molar-refractivity contribution in [2.45, 2.75) is 13.1 Å². The molecule has 0 radical (unpaired) electrons. The van der Waals surface area contributed by atoms with Crippen molar-refractivity contribution in [3.8, 4) is 11.5 Å².